The average molecular weight is 254 g/mol. The standard InChI is InChI=1S/C13H26N4O/c1-11(2)12(10-16(3)4)15-13-14-6-7-17(13)8-9-18-5/h6-7,11-12H,8-10H2,1-5H3,(H,14,15). The molecule has 1 heterocycles. The van der Waals surface area contributed by atoms with E-state index in [-0.39, 0.29) is 0 Å². The van der Waals surface area contributed by atoms with Crippen LogP contribution in [-0.2, 0) is 11.3 Å². The number of ether oxygens (including phenoxy) is 1. The number of likely N-dealkylation sites (N-methyl/N-ethyl adjacent to an activating group) is 1. The summed E-state index contributed by atoms with van der Waals surface area (Å²) >= 11 is 0. The number of anilines is 1. The zero-order chi connectivity index (χ0) is 13.5. The van der Waals surface area contributed by atoms with Gasteiger partial charge in [-0.1, -0.05) is 13.8 Å². The highest BCUT2D eigenvalue weighted by Gasteiger charge is 2.16. The summed E-state index contributed by atoms with van der Waals surface area (Å²) in [4.78, 5) is 6.57. The van der Waals surface area contributed by atoms with Gasteiger partial charge in [0.1, 0.15) is 0 Å². The van der Waals surface area contributed by atoms with Crippen LogP contribution < -0.4 is 5.32 Å². The van der Waals surface area contributed by atoms with E-state index in [1.807, 2.05) is 12.4 Å². The van der Waals surface area contributed by atoms with Crippen LogP contribution in [0.25, 0.3) is 0 Å². The van der Waals surface area contributed by atoms with Crippen LogP contribution >= 0.6 is 0 Å². The Kier molecular flexibility index (Phi) is 6.15. The molecule has 0 amide bonds. The maximum Gasteiger partial charge on any atom is 0.203 e. The number of imidazole rings is 1. The first-order valence-electron chi connectivity index (χ1n) is 6.46. The maximum atomic E-state index is 5.10. The van der Waals surface area contributed by atoms with Crippen molar-refractivity contribution in [2.24, 2.45) is 5.92 Å². The topological polar surface area (TPSA) is 42.3 Å². The van der Waals surface area contributed by atoms with E-state index in [9.17, 15) is 0 Å². The van der Waals surface area contributed by atoms with Crippen molar-refractivity contribution in [1.29, 1.82) is 0 Å². The normalized spacial score (nSPS) is 13.3. The van der Waals surface area contributed by atoms with Gasteiger partial charge in [0.25, 0.3) is 0 Å². The van der Waals surface area contributed by atoms with Gasteiger partial charge in [0, 0.05) is 38.6 Å². The molecule has 1 atom stereocenters. The summed E-state index contributed by atoms with van der Waals surface area (Å²) in [6.45, 7) is 6.97. The minimum Gasteiger partial charge on any atom is -0.383 e. The summed E-state index contributed by atoms with van der Waals surface area (Å²) < 4.78 is 7.19. The van der Waals surface area contributed by atoms with Gasteiger partial charge in [0.15, 0.2) is 0 Å². The van der Waals surface area contributed by atoms with Gasteiger partial charge in [-0.25, -0.2) is 4.98 Å². The second kappa shape index (κ2) is 7.38. The molecule has 0 saturated carbocycles. The second-order valence-corrected chi connectivity index (χ2v) is 5.19. The van der Waals surface area contributed by atoms with Crippen molar-refractivity contribution >= 4 is 5.95 Å². The lowest BCUT2D eigenvalue weighted by Crippen LogP contribution is -2.37. The van der Waals surface area contributed by atoms with Crippen LogP contribution in [0.3, 0.4) is 0 Å². The molecule has 0 aliphatic heterocycles. The Morgan fingerprint density at radius 3 is 2.72 bits per heavy atom. The lowest BCUT2D eigenvalue weighted by atomic mass is 10.0. The summed E-state index contributed by atoms with van der Waals surface area (Å²) in [6, 6.07) is 0.392. The summed E-state index contributed by atoms with van der Waals surface area (Å²) in [5.74, 6) is 1.48. The third-order valence-corrected chi connectivity index (χ3v) is 2.93. The number of rotatable bonds is 8. The molecule has 1 aromatic rings. The number of aromatic nitrogens is 2. The van der Waals surface area contributed by atoms with Crippen LogP contribution in [0.1, 0.15) is 13.8 Å². The van der Waals surface area contributed by atoms with Crippen LogP contribution in [0.2, 0.25) is 0 Å². The van der Waals surface area contributed by atoms with Crippen molar-refractivity contribution in [3.05, 3.63) is 12.4 Å². The van der Waals surface area contributed by atoms with E-state index in [1.165, 1.54) is 0 Å². The second-order valence-electron chi connectivity index (χ2n) is 5.19. The zero-order valence-electron chi connectivity index (χ0n) is 12.2. The molecule has 1 N–H and O–H groups in total. The van der Waals surface area contributed by atoms with E-state index < -0.39 is 0 Å². The van der Waals surface area contributed by atoms with Gasteiger partial charge in [0.2, 0.25) is 5.95 Å². The minimum atomic E-state index is 0.392. The Labute approximate surface area is 110 Å². The molecule has 0 aliphatic rings. The van der Waals surface area contributed by atoms with E-state index in [1.54, 1.807) is 7.11 Å². The lowest BCUT2D eigenvalue weighted by molar-refractivity contribution is 0.187. The number of hydrogen-bond acceptors (Lipinski definition) is 4. The minimum absolute atomic E-state index is 0.392. The molecule has 0 fully saturated rings. The fourth-order valence-electron chi connectivity index (χ4n) is 1.80. The molecular weight excluding hydrogens is 228 g/mol. The molecule has 1 unspecified atom stereocenters. The highest BCUT2D eigenvalue weighted by molar-refractivity contribution is 5.28. The first kappa shape index (κ1) is 15.0. The summed E-state index contributed by atoms with van der Waals surface area (Å²) in [5, 5.41) is 3.52. The molecule has 0 aliphatic carbocycles. The largest absolute Gasteiger partial charge is 0.383 e. The molecule has 0 aromatic carbocycles. The van der Waals surface area contributed by atoms with Gasteiger partial charge in [-0.15, -0.1) is 0 Å². The predicted molar refractivity (Wildman–Crippen MR) is 74.9 cm³/mol. The van der Waals surface area contributed by atoms with Gasteiger partial charge in [-0.2, -0.15) is 0 Å². The van der Waals surface area contributed by atoms with Crippen molar-refractivity contribution in [2.45, 2.75) is 26.4 Å². The van der Waals surface area contributed by atoms with Crippen molar-refractivity contribution < 1.29 is 4.74 Å². The number of hydrogen-bond donors (Lipinski definition) is 1. The average Bonchev–Trinajstić information content (AvgIpc) is 2.72. The Balaban J connectivity index is 2.65. The molecule has 5 heteroatoms. The maximum absolute atomic E-state index is 5.10. The molecule has 5 nitrogen and oxygen atoms in total. The van der Waals surface area contributed by atoms with E-state index >= 15 is 0 Å². The van der Waals surface area contributed by atoms with Crippen LogP contribution in [0.4, 0.5) is 5.95 Å². The highest BCUT2D eigenvalue weighted by Crippen LogP contribution is 2.12. The molecule has 1 aromatic heterocycles. The van der Waals surface area contributed by atoms with Gasteiger partial charge >= 0.3 is 0 Å². The predicted octanol–water partition coefficient (Wildman–Crippen LogP) is 1.53. The smallest absolute Gasteiger partial charge is 0.203 e. The Bertz CT molecular complexity index is 335. The zero-order valence-corrected chi connectivity index (χ0v) is 12.2. The molecule has 0 radical (unpaired) electrons. The van der Waals surface area contributed by atoms with Gasteiger partial charge in [-0.05, 0) is 20.0 Å². The van der Waals surface area contributed by atoms with E-state index in [2.05, 4.69) is 47.7 Å². The fourth-order valence-corrected chi connectivity index (χ4v) is 1.80. The van der Waals surface area contributed by atoms with Crippen molar-refractivity contribution in [1.82, 2.24) is 14.5 Å². The third-order valence-electron chi connectivity index (χ3n) is 2.93. The Morgan fingerprint density at radius 1 is 1.44 bits per heavy atom. The highest BCUT2D eigenvalue weighted by atomic mass is 16.5. The van der Waals surface area contributed by atoms with Gasteiger partial charge in [0.05, 0.1) is 6.61 Å². The Hall–Kier alpha value is -1.07. The molecule has 0 spiro atoms. The number of nitrogens with one attached hydrogen (secondary N) is 1. The quantitative estimate of drug-likeness (QED) is 0.764. The lowest BCUT2D eigenvalue weighted by Gasteiger charge is -2.26. The molecule has 18 heavy (non-hydrogen) atoms. The fraction of sp³-hybridized carbons (Fsp3) is 0.769. The SMILES string of the molecule is COCCn1ccnc1NC(CN(C)C)C(C)C. The van der Waals surface area contributed by atoms with Gasteiger partial charge in [-0.3, -0.25) is 0 Å². The first-order valence-corrected chi connectivity index (χ1v) is 6.46. The van der Waals surface area contributed by atoms with Crippen molar-refractivity contribution in [3.8, 4) is 0 Å². The van der Waals surface area contributed by atoms with Crippen LogP contribution in [0.5, 0.6) is 0 Å². The van der Waals surface area contributed by atoms with Crippen molar-refractivity contribution in [2.75, 3.05) is 39.7 Å². The third kappa shape index (κ3) is 4.66. The molecule has 0 saturated heterocycles. The van der Waals surface area contributed by atoms with Crippen LogP contribution in [0.15, 0.2) is 12.4 Å². The molecule has 104 valence electrons. The molecule has 0 bridgehead atoms. The van der Waals surface area contributed by atoms with Crippen LogP contribution in [0, 0.1) is 5.92 Å². The summed E-state index contributed by atoms with van der Waals surface area (Å²) in [5.41, 5.74) is 0. The van der Waals surface area contributed by atoms with E-state index in [0.717, 1.165) is 19.0 Å². The van der Waals surface area contributed by atoms with Crippen molar-refractivity contribution in [3.63, 3.8) is 0 Å². The monoisotopic (exact) mass is 254 g/mol. The number of methoxy groups -OCH3 is 1. The molecular formula is C13H26N4O. The first-order chi connectivity index (χ1) is 8.54. The van der Waals surface area contributed by atoms with Gasteiger partial charge < -0.3 is 19.5 Å². The van der Waals surface area contributed by atoms with E-state index in [0.29, 0.717) is 18.6 Å². The van der Waals surface area contributed by atoms with Crippen LogP contribution in [-0.4, -0.2) is 54.8 Å². The Morgan fingerprint density at radius 2 is 2.17 bits per heavy atom. The summed E-state index contributed by atoms with van der Waals surface area (Å²) in [6.07, 6.45) is 3.80. The van der Waals surface area contributed by atoms with E-state index in [4.69, 9.17) is 4.74 Å². The summed E-state index contributed by atoms with van der Waals surface area (Å²) in [7, 11) is 5.90. The molecule has 1 rings (SSSR count). The number of nitrogens with zero attached hydrogens (tertiary/aromatic N) is 3.